The van der Waals surface area contributed by atoms with E-state index in [1.54, 1.807) is 41.0 Å². The number of piperidine rings is 1. The van der Waals surface area contributed by atoms with Crippen LogP contribution in [0.1, 0.15) is 30.0 Å². The normalized spacial score (nSPS) is 17.3. The van der Waals surface area contributed by atoms with Crippen LogP contribution in [0.3, 0.4) is 0 Å². The molecule has 0 spiro atoms. The standard InChI is InChI=1S/C23H26N4O3S/c1-17-7-5-13-24-23(17)26-19-11-12-20(25-15-19)18-8-6-14-27(16-18)31(28,29)22-10-4-3-9-21(22)30-2/h3-5,7,9-13,15,18H,6,8,14,16H2,1-2H3,(H,24,26)/t18-/m0/s1. The smallest absolute Gasteiger partial charge is 0.246 e. The summed E-state index contributed by atoms with van der Waals surface area (Å²) in [5.41, 5.74) is 2.79. The van der Waals surface area contributed by atoms with Gasteiger partial charge in [0, 0.05) is 30.9 Å². The number of hydrogen-bond acceptors (Lipinski definition) is 6. The average molecular weight is 439 g/mol. The highest BCUT2D eigenvalue weighted by atomic mass is 32.2. The average Bonchev–Trinajstić information content (AvgIpc) is 2.81. The molecule has 2 aromatic heterocycles. The minimum atomic E-state index is -3.64. The first kappa shape index (κ1) is 21.3. The molecule has 1 N–H and O–H groups in total. The van der Waals surface area contributed by atoms with Crippen molar-refractivity contribution in [2.75, 3.05) is 25.5 Å². The quantitative estimate of drug-likeness (QED) is 0.624. The first-order chi connectivity index (χ1) is 15.0. The summed E-state index contributed by atoms with van der Waals surface area (Å²) in [5.74, 6) is 1.20. The third-order valence-corrected chi connectivity index (χ3v) is 7.45. The first-order valence-corrected chi connectivity index (χ1v) is 11.7. The molecule has 0 unspecified atom stereocenters. The number of nitrogens with one attached hydrogen (secondary N) is 1. The van der Waals surface area contributed by atoms with Gasteiger partial charge in [-0.1, -0.05) is 18.2 Å². The number of sulfonamides is 1. The van der Waals surface area contributed by atoms with Crippen molar-refractivity contribution < 1.29 is 13.2 Å². The molecule has 0 radical (unpaired) electrons. The molecule has 1 saturated heterocycles. The molecule has 1 aromatic carbocycles. The summed E-state index contributed by atoms with van der Waals surface area (Å²) in [6, 6.07) is 14.6. The zero-order valence-electron chi connectivity index (χ0n) is 17.7. The fraction of sp³-hybridized carbons (Fsp3) is 0.304. The highest BCUT2D eigenvalue weighted by Gasteiger charge is 2.33. The summed E-state index contributed by atoms with van der Waals surface area (Å²) < 4.78 is 33.3. The molecule has 3 aromatic rings. The van der Waals surface area contributed by atoms with Crippen molar-refractivity contribution in [1.29, 1.82) is 0 Å². The molecule has 4 rings (SSSR count). The van der Waals surface area contributed by atoms with Crippen molar-refractivity contribution in [3.63, 3.8) is 0 Å². The van der Waals surface area contributed by atoms with Crippen molar-refractivity contribution in [2.24, 2.45) is 0 Å². The molecule has 0 bridgehead atoms. The lowest BCUT2D eigenvalue weighted by molar-refractivity contribution is 0.310. The molecular formula is C23H26N4O3S. The van der Waals surface area contributed by atoms with Gasteiger partial charge in [0.2, 0.25) is 10.0 Å². The molecule has 0 saturated carbocycles. The number of methoxy groups -OCH3 is 1. The van der Waals surface area contributed by atoms with Crippen LogP contribution in [0.25, 0.3) is 0 Å². The number of ether oxygens (including phenoxy) is 1. The van der Waals surface area contributed by atoms with E-state index in [9.17, 15) is 8.42 Å². The second-order valence-corrected chi connectivity index (χ2v) is 9.53. The molecule has 162 valence electrons. The summed E-state index contributed by atoms with van der Waals surface area (Å²) in [4.78, 5) is 9.16. The minimum absolute atomic E-state index is 0.0452. The molecule has 8 heteroatoms. The van der Waals surface area contributed by atoms with Gasteiger partial charge in [-0.2, -0.15) is 4.31 Å². The van der Waals surface area contributed by atoms with Crippen molar-refractivity contribution in [2.45, 2.75) is 30.6 Å². The van der Waals surface area contributed by atoms with Crippen molar-refractivity contribution in [1.82, 2.24) is 14.3 Å². The van der Waals surface area contributed by atoms with Crippen molar-refractivity contribution >= 4 is 21.5 Å². The number of para-hydroxylation sites is 1. The van der Waals surface area contributed by atoms with E-state index in [-0.39, 0.29) is 10.8 Å². The van der Waals surface area contributed by atoms with E-state index in [1.165, 1.54) is 7.11 Å². The molecule has 1 aliphatic rings. The van der Waals surface area contributed by atoms with Crippen LogP contribution in [0.2, 0.25) is 0 Å². The Hall–Kier alpha value is -2.97. The van der Waals surface area contributed by atoms with E-state index in [2.05, 4.69) is 15.3 Å². The Kier molecular flexibility index (Phi) is 6.20. The summed E-state index contributed by atoms with van der Waals surface area (Å²) in [6.07, 6.45) is 5.21. The maximum Gasteiger partial charge on any atom is 0.246 e. The Morgan fingerprint density at radius 2 is 1.94 bits per heavy atom. The van der Waals surface area contributed by atoms with E-state index in [4.69, 9.17) is 4.74 Å². The van der Waals surface area contributed by atoms with Crippen LogP contribution in [0.5, 0.6) is 5.75 Å². The molecule has 3 heterocycles. The Labute approximate surface area is 183 Å². The summed E-state index contributed by atoms with van der Waals surface area (Å²) in [6.45, 7) is 2.89. The topological polar surface area (TPSA) is 84.4 Å². The second kappa shape index (κ2) is 9.03. The second-order valence-electron chi connectivity index (χ2n) is 7.62. The Morgan fingerprint density at radius 1 is 1.10 bits per heavy atom. The lowest BCUT2D eigenvalue weighted by Crippen LogP contribution is -2.39. The van der Waals surface area contributed by atoms with Crippen LogP contribution in [0, 0.1) is 6.92 Å². The number of anilines is 2. The van der Waals surface area contributed by atoms with Gasteiger partial charge in [-0.25, -0.2) is 13.4 Å². The predicted octanol–water partition coefficient (Wildman–Crippen LogP) is 4.11. The zero-order chi connectivity index (χ0) is 21.8. The van der Waals surface area contributed by atoms with Gasteiger partial charge in [-0.15, -0.1) is 0 Å². The van der Waals surface area contributed by atoms with Gasteiger partial charge in [0.25, 0.3) is 0 Å². The zero-order valence-corrected chi connectivity index (χ0v) is 18.5. The molecule has 1 atom stereocenters. The van der Waals surface area contributed by atoms with Crippen LogP contribution in [-0.4, -0.2) is 42.9 Å². The molecule has 0 aliphatic carbocycles. The van der Waals surface area contributed by atoms with E-state index in [0.717, 1.165) is 35.6 Å². The predicted molar refractivity (Wildman–Crippen MR) is 120 cm³/mol. The third kappa shape index (κ3) is 4.55. The third-order valence-electron chi connectivity index (χ3n) is 5.55. The van der Waals surface area contributed by atoms with Crippen LogP contribution in [0.15, 0.2) is 65.8 Å². The van der Waals surface area contributed by atoms with E-state index >= 15 is 0 Å². The largest absolute Gasteiger partial charge is 0.495 e. The molecule has 1 aliphatic heterocycles. The lowest BCUT2D eigenvalue weighted by atomic mass is 9.95. The van der Waals surface area contributed by atoms with Gasteiger partial charge in [0.05, 0.1) is 19.0 Å². The van der Waals surface area contributed by atoms with Gasteiger partial charge >= 0.3 is 0 Å². The monoisotopic (exact) mass is 438 g/mol. The number of benzene rings is 1. The van der Waals surface area contributed by atoms with Crippen LogP contribution in [-0.2, 0) is 10.0 Å². The number of hydrogen-bond donors (Lipinski definition) is 1. The van der Waals surface area contributed by atoms with Crippen LogP contribution in [0.4, 0.5) is 11.5 Å². The highest BCUT2D eigenvalue weighted by molar-refractivity contribution is 7.89. The van der Waals surface area contributed by atoms with Crippen LogP contribution >= 0.6 is 0 Å². The first-order valence-electron chi connectivity index (χ1n) is 10.3. The van der Waals surface area contributed by atoms with Gasteiger partial charge in [-0.3, -0.25) is 4.98 Å². The van der Waals surface area contributed by atoms with Gasteiger partial charge in [0.1, 0.15) is 16.5 Å². The van der Waals surface area contributed by atoms with Crippen molar-refractivity contribution in [3.8, 4) is 5.75 Å². The number of aromatic nitrogens is 2. The minimum Gasteiger partial charge on any atom is -0.495 e. The summed E-state index contributed by atoms with van der Waals surface area (Å²) in [5, 5.41) is 3.28. The Morgan fingerprint density at radius 3 is 2.68 bits per heavy atom. The fourth-order valence-corrected chi connectivity index (χ4v) is 5.53. The molecule has 31 heavy (non-hydrogen) atoms. The summed E-state index contributed by atoms with van der Waals surface area (Å²) >= 11 is 0. The number of aryl methyl sites for hydroxylation is 1. The van der Waals surface area contributed by atoms with Gasteiger partial charge in [-0.05, 0) is 55.7 Å². The molecular weight excluding hydrogens is 412 g/mol. The number of rotatable bonds is 6. The number of pyridine rings is 2. The fourth-order valence-electron chi connectivity index (χ4n) is 3.85. The van der Waals surface area contributed by atoms with Gasteiger partial charge < -0.3 is 10.1 Å². The van der Waals surface area contributed by atoms with Gasteiger partial charge in [0.15, 0.2) is 0 Å². The van der Waals surface area contributed by atoms with Crippen LogP contribution < -0.4 is 10.1 Å². The lowest BCUT2D eigenvalue weighted by Gasteiger charge is -2.32. The molecule has 0 amide bonds. The molecule has 1 fully saturated rings. The Balaban J connectivity index is 1.50. The number of nitrogens with zero attached hydrogens (tertiary/aromatic N) is 3. The highest BCUT2D eigenvalue weighted by Crippen LogP contribution is 2.32. The van der Waals surface area contributed by atoms with Crippen molar-refractivity contribution in [3.05, 3.63) is 72.2 Å². The summed E-state index contributed by atoms with van der Waals surface area (Å²) in [7, 11) is -2.15. The SMILES string of the molecule is COc1ccccc1S(=O)(=O)N1CCC[C@H](c2ccc(Nc3ncccc3C)cn2)C1. The molecule has 7 nitrogen and oxygen atoms in total. The maximum absolute atomic E-state index is 13.2. The maximum atomic E-state index is 13.2. The van der Waals surface area contributed by atoms with E-state index in [0.29, 0.717) is 18.8 Å². The Bertz CT molecular complexity index is 1150. The van der Waals surface area contributed by atoms with E-state index < -0.39 is 10.0 Å². The van der Waals surface area contributed by atoms with E-state index in [1.807, 2.05) is 31.2 Å².